The molecule has 61 heavy (non-hydrogen) atoms. The van der Waals surface area contributed by atoms with Crippen molar-refractivity contribution in [2.24, 2.45) is 39.8 Å². The molecule has 0 bridgehead atoms. The third kappa shape index (κ3) is 17.3. The van der Waals surface area contributed by atoms with E-state index in [1.807, 2.05) is 26.0 Å². The Labute approximate surface area is 357 Å². The fraction of sp³-hybridized carbons (Fsp3) is 0.432. The van der Waals surface area contributed by atoms with Crippen molar-refractivity contribution in [3.05, 3.63) is 102 Å². The Kier molecular flexibility index (Phi) is 19.7. The molecule has 0 spiro atoms. The van der Waals surface area contributed by atoms with Gasteiger partial charge in [0.2, 0.25) is 35.4 Å². The summed E-state index contributed by atoms with van der Waals surface area (Å²) in [6, 6.07) is 17.5. The third-order valence-corrected chi connectivity index (χ3v) is 9.75. The smallest absolute Gasteiger partial charge is 0.243 e. The lowest BCUT2D eigenvalue weighted by Gasteiger charge is -2.29. The number of hydrogen-bond acceptors (Lipinski definition) is 9. The number of nitrogens with zero attached hydrogens (tertiary/aromatic N) is 1. The molecule has 17 nitrogen and oxygen atoms in total. The van der Waals surface area contributed by atoms with Crippen LogP contribution < -0.4 is 49.5 Å². The Hall–Kier alpha value is -6.49. The number of amides is 6. The minimum absolute atomic E-state index is 0.0410. The number of carbonyl (C=O) groups is 6. The molecule has 0 saturated heterocycles. The predicted molar refractivity (Wildman–Crippen MR) is 233 cm³/mol. The Morgan fingerprint density at radius 1 is 0.574 bits per heavy atom. The molecule has 0 aliphatic carbocycles. The summed E-state index contributed by atoms with van der Waals surface area (Å²) in [6.07, 6.45) is 0.811. The molecule has 0 heterocycles. The number of aliphatic imine (C=N–C) groups is 1. The number of hydrogen-bond donors (Lipinski definition) is 10. The van der Waals surface area contributed by atoms with Crippen LogP contribution in [0.25, 0.3) is 0 Å². The highest BCUT2D eigenvalue weighted by Gasteiger charge is 2.34. The van der Waals surface area contributed by atoms with Crippen LogP contribution >= 0.6 is 0 Å². The van der Waals surface area contributed by atoms with E-state index in [1.165, 1.54) is 12.1 Å². The van der Waals surface area contributed by atoms with Crippen LogP contribution in [0.15, 0.2) is 89.9 Å². The van der Waals surface area contributed by atoms with Crippen LogP contribution in [-0.2, 0) is 48.0 Å². The summed E-state index contributed by atoms with van der Waals surface area (Å²) >= 11 is 0. The average molecular weight is 843 g/mol. The molecule has 17 heteroatoms. The maximum Gasteiger partial charge on any atom is 0.243 e. The van der Waals surface area contributed by atoms with E-state index in [0.717, 1.165) is 5.56 Å². The van der Waals surface area contributed by atoms with Crippen molar-refractivity contribution < 1.29 is 33.9 Å². The molecule has 6 atom stereocenters. The van der Waals surface area contributed by atoms with Gasteiger partial charge in [-0.05, 0) is 66.3 Å². The van der Waals surface area contributed by atoms with E-state index in [-0.39, 0.29) is 62.7 Å². The first-order valence-corrected chi connectivity index (χ1v) is 20.4. The van der Waals surface area contributed by atoms with Gasteiger partial charge in [-0.3, -0.25) is 33.8 Å². The first kappa shape index (κ1) is 48.9. The van der Waals surface area contributed by atoms with Gasteiger partial charge in [0.25, 0.3) is 0 Å². The molecule has 0 unspecified atom stereocenters. The van der Waals surface area contributed by atoms with Crippen LogP contribution in [0.3, 0.4) is 0 Å². The van der Waals surface area contributed by atoms with E-state index in [1.54, 1.807) is 74.5 Å². The highest BCUT2D eigenvalue weighted by Crippen LogP contribution is 2.14. The van der Waals surface area contributed by atoms with Crippen molar-refractivity contribution in [1.29, 1.82) is 0 Å². The maximum atomic E-state index is 14.2. The number of guanidine groups is 1. The highest BCUT2D eigenvalue weighted by atomic mass is 16.3. The lowest BCUT2D eigenvalue weighted by atomic mass is 9.98. The first-order valence-electron chi connectivity index (χ1n) is 20.4. The summed E-state index contributed by atoms with van der Waals surface area (Å²) in [7, 11) is 0. The van der Waals surface area contributed by atoms with E-state index >= 15 is 0 Å². The molecule has 3 aromatic rings. The van der Waals surface area contributed by atoms with Crippen LogP contribution in [0.4, 0.5) is 0 Å². The number of nitrogens with two attached hydrogens (primary N) is 4. The summed E-state index contributed by atoms with van der Waals surface area (Å²) in [5, 5.41) is 23.3. The molecular formula is C44H62N10O7. The number of phenolic OH excluding ortho intramolecular Hbond substituents is 1. The van der Waals surface area contributed by atoms with Crippen LogP contribution in [0.1, 0.15) is 63.6 Å². The summed E-state index contributed by atoms with van der Waals surface area (Å²) in [5.41, 5.74) is 25.0. The summed E-state index contributed by atoms with van der Waals surface area (Å²) in [6.45, 7) is 7.35. The van der Waals surface area contributed by atoms with Crippen molar-refractivity contribution in [2.45, 2.75) is 102 Å². The number of primary amides is 1. The molecule has 3 rings (SSSR count). The maximum absolute atomic E-state index is 14.2. The molecule has 0 aliphatic heterocycles. The topological polar surface area (TPSA) is 299 Å². The molecule has 3 aromatic carbocycles. The van der Waals surface area contributed by atoms with E-state index < -0.39 is 77.6 Å². The van der Waals surface area contributed by atoms with Gasteiger partial charge in [0.1, 0.15) is 36.0 Å². The molecule has 0 fully saturated rings. The van der Waals surface area contributed by atoms with Crippen LogP contribution in [-0.4, -0.2) is 89.3 Å². The lowest BCUT2D eigenvalue weighted by Crippen LogP contribution is -2.60. The van der Waals surface area contributed by atoms with E-state index in [0.29, 0.717) is 11.1 Å². The van der Waals surface area contributed by atoms with Gasteiger partial charge < -0.3 is 54.6 Å². The number of phenols is 1. The second kappa shape index (κ2) is 24.6. The SMILES string of the molecule is CC(C)C[C@H](NC(=O)[C@H](Cc1ccccc1)NC(=O)[C@@H](NC(=O)[C@@H](N)Cc1ccc(O)cc1)C(C)C)C(=O)N[C@@H](CCCN=C(N)N)C(=O)N[C@@H](Cc1ccccc1)C(N)=O. The predicted octanol–water partition coefficient (Wildman–Crippen LogP) is 0.412. The van der Waals surface area contributed by atoms with E-state index in [9.17, 15) is 33.9 Å². The van der Waals surface area contributed by atoms with Crippen LogP contribution in [0.2, 0.25) is 0 Å². The third-order valence-electron chi connectivity index (χ3n) is 9.75. The summed E-state index contributed by atoms with van der Waals surface area (Å²) in [5.74, 6) is -4.62. The summed E-state index contributed by atoms with van der Waals surface area (Å²) < 4.78 is 0. The minimum Gasteiger partial charge on any atom is -0.508 e. The number of aromatic hydroxyl groups is 1. The van der Waals surface area contributed by atoms with Crippen LogP contribution in [0.5, 0.6) is 5.75 Å². The normalized spacial score (nSPS) is 14.0. The van der Waals surface area contributed by atoms with Gasteiger partial charge in [-0.15, -0.1) is 0 Å². The molecule has 14 N–H and O–H groups in total. The molecule has 6 amide bonds. The largest absolute Gasteiger partial charge is 0.508 e. The first-order chi connectivity index (χ1) is 28.9. The fourth-order valence-corrected chi connectivity index (χ4v) is 6.46. The van der Waals surface area contributed by atoms with E-state index in [4.69, 9.17) is 22.9 Å². The Balaban J connectivity index is 1.84. The van der Waals surface area contributed by atoms with Crippen molar-refractivity contribution in [1.82, 2.24) is 26.6 Å². The molecule has 0 saturated carbocycles. The number of nitrogens with one attached hydrogen (secondary N) is 5. The molecular weight excluding hydrogens is 781 g/mol. The monoisotopic (exact) mass is 842 g/mol. The second-order valence-electron chi connectivity index (χ2n) is 15.8. The van der Waals surface area contributed by atoms with Gasteiger partial charge >= 0.3 is 0 Å². The quantitative estimate of drug-likeness (QED) is 0.0337. The van der Waals surface area contributed by atoms with Gasteiger partial charge in [-0.1, -0.05) is 100 Å². The summed E-state index contributed by atoms with van der Waals surface area (Å²) in [4.78, 5) is 85.6. The molecule has 0 aromatic heterocycles. The van der Waals surface area contributed by atoms with Gasteiger partial charge in [0.15, 0.2) is 5.96 Å². The number of benzene rings is 3. The Morgan fingerprint density at radius 3 is 1.57 bits per heavy atom. The van der Waals surface area contributed by atoms with Gasteiger partial charge in [0, 0.05) is 19.4 Å². The molecule has 0 aliphatic rings. The van der Waals surface area contributed by atoms with Gasteiger partial charge in [0.05, 0.1) is 6.04 Å². The Bertz CT molecular complexity index is 1920. The van der Waals surface area contributed by atoms with Gasteiger partial charge in [-0.2, -0.15) is 0 Å². The standard InChI is InChI=1S/C44H62N10O7/c1-26(2)22-35(41(59)50-33(16-11-21-49-44(47)48)40(58)51-34(38(46)56)24-28-12-7-5-8-13-28)52-42(60)36(25-29-14-9-6-10-15-29)53-43(61)37(27(3)4)54-39(57)32(45)23-30-17-19-31(55)20-18-30/h5-10,12-15,17-20,26-27,32-37,55H,11,16,21-25,45H2,1-4H3,(H2,46,56)(H,50,59)(H,51,58)(H,52,60)(H,53,61)(H,54,57)(H4,47,48,49)/t32-,33-,34-,35-,36-,37-/m0/s1. The van der Waals surface area contributed by atoms with Crippen molar-refractivity contribution >= 4 is 41.4 Å². The molecule has 330 valence electrons. The average Bonchev–Trinajstić information content (AvgIpc) is 3.21. The zero-order valence-corrected chi connectivity index (χ0v) is 35.3. The minimum atomic E-state index is -1.20. The van der Waals surface area contributed by atoms with Gasteiger partial charge in [-0.25, -0.2) is 0 Å². The lowest BCUT2D eigenvalue weighted by molar-refractivity contribution is -0.135. The van der Waals surface area contributed by atoms with E-state index in [2.05, 4.69) is 31.6 Å². The highest BCUT2D eigenvalue weighted by molar-refractivity contribution is 5.96. The van der Waals surface area contributed by atoms with Crippen molar-refractivity contribution in [3.63, 3.8) is 0 Å². The Morgan fingerprint density at radius 2 is 1.05 bits per heavy atom. The number of rotatable bonds is 24. The fourth-order valence-electron chi connectivity index (χ4n) is 6.46. The zero-order valence-electron chi connectivity index (χ0n) is 35.3. The number of carbonyl (C=O) groups excluding carboxylic acids is 6. The van der Waals surface area contributed by atoms with Crippen molar-refractivity contribution in [2.75, 3.05) is 6.54 Å². The van der Waals surface area contributed by atoms with Crippen molar-refractivity contribution in [3.8, 4) is 5.75 Å². The molecule has 0 radical (unpaired) electrons. The van der Waals surface area contributed by atoms with Crippen LogP contribution in [0, 0.1) is 11.8 Å². The zero-order chi connectivity index (χ0) is 45.1. The second-order valence-corrected chi connectivity index (χ2v) is 15.8.